The number of aromatic nitrogens is 8. The molecule has 4 aromatic heterocycles. The van der Waals surface area contributed by atoms with Gasteiger partial charge in [0.25, 0.3) is 12.2 Å². The number of alkyl halides is 1. The number of alkyl carbamates (subject to hydrolysis) is 1. The van der Waals surface area contributed by atoms with Crippen molar-refractivity contribution in [3.05, 3.63) is 181 Å². The number of nitrogens with one attached hydrogen (secondary N) is 1. The number of nitrogens with two attached hydrogens (primary N) is 1. The van der Waals surface area contributed by atoms with Crippen LogP contribution in [0.1, 0.15) is 121 Å². The Morgan fingerprint density at radius 2 is 1.04 bits per heavy atom. The first-order chi connectivity index (χ1) is 50.3. The number of phenolic OH excluding ortho intramolecular Hbond substituents is 1. The van der Waals surface area contributed by atoms with Crippen LogP contribution in [0.2, 0.25) is 0 Å². The molecular weight excluding hydrogens is 1520 g/mol. The van der Waals surface area contributed by atoms with E-state index in [9.17, 15) is 85.1 Å². The Kier molecular flexibility index (Phi) is 53.1. The number of amides is 1. The number of carbonyl (C=O) groups excluding carboxylic acids is 5. The summed E-state index contributed by atoms with van der Waals surface area (Å²) in [7, 11) is 8.42. The van der Waals surface area contributed by atoms with Crippen LogP contribution in [0.3, 0.4) is 0 Å². The number of methoxy groups -OCH3 is 2. The molecule has 3 aromatic carbocycles. The molecule has 8 rings (SSSR count). The molecule has 0 aliphatic carbocycles. The van der Waals surface area contributed by atoms with Crippen molar-refractivity contribution in [2.24, 2.45) is 33.9 Å². The Bertz CT molecular complexity index is 3930. The Labute approximate surface area is 706 Å². The molecule has 2 unspecified atom stereocenters. The van der Waals surface area contributed by atoms with E-state index in [0.29, 0.717) is 59.8 Å². The number of aromatic hydroxyl groups is 1. The number of hydrogen-bond acceptors (Lipinski definition) is 34. The Balaban J connectivity index is -0.00000124. The second-order valence-electron chi connectivity index (χ2n) is 20.8. The van der Waals surface area contributed by atoms with Crippen molar-refractivity contribution in [3.8, 4) is 17.2 Å². The molecule has 1 aliphatic heterocycles. The summed E-state index contributed by atoms with van der Waals surface area (Å²) in [5.74, 6) is -2.00. The zero-order valence-electron chi connectivity index (χ0n) is 61.4. The van der Waals surface area contributed by atoms with Crippen LogP contribution < -0.4 is 129 Å². The number of hydrogen-bond donors (Lipinski definition) is 7. The molecule has 1 saturated heterocycles. The molecule has 7 aromatic rings. The van der Waals surface area contributed by atoms with E-state index < -0.39 is 61.0 Å². The van der Waals surface area contributed by atoms with Crippen LogP contribution >= 0.6 is 11.6 Å². The molecule has 0 radical (unpaired) electrons. The van der Waals surface area contributed by atoms with Gasteiger partial charge in [0.15, 0.2) is 30.3 Å². The number of imidazole rings is 4. The fraction of sp³-hybridized carbons (Fsp3) is 0.426. The van der Waals surface area contributed by atoms with Gasteiger partial charge in [0.1, 0.15) is 65.5 Å². The minimum Gasteiger partial charge on any atom is -1.00 e. The molecule has 2 atom stereocenters. The van der Waals surface area contributed by atoms with Crippen molar-refractivity contribution >= 4 is 71.7 Å². The molecule has 108 heavy (non-hydrogen) atoms. The van der Waals surface area contributed by atoms with E-state index in [4.69, 9.17) is 66.0 Å². The fourth-order valence-electron chi connectivity index (χ4n) is 7.66. The van der Waals surface area contributed by atoms with Crippen molar-refractivity contribution in [2.45, 2.75) is 90.3 Å². The number of nitrogens with zero attached hydrogens (tertiary/aromatic N) is 13. The van der Waals surface area contributed by atoms with Gasteiger partial charge >= 0.3 is 151 Å². The number of halogens is 1. The van der Waals surface area contributed by atoms with Crippen molar-refractivity contribution in [1.29, 1.82) is 0 Å². The van der Waals surface area contributed by atoms with Crippen LogP contribution in [-0.2, 0) is 87.3 Å². The number of benzene rings is 3. The second kappa shape index (κ2) is 56.6. The van der Waals surface area contributed by atoms with Crippen molar-refractivity contribution in [1.82, 2.24) is 43.5 Å². The topological polar surface area (TPSA) is 608 Å². The second-order valence-corrected chi connectivity index (χ2v) is 21.1. The molecule has 0 spiro atoms. The molecular formula is C61H82ClK2N15O29. The maximum atomic E-state index is 11.9. The number of ether oxygens (including phenoxy) is 7. The summed E-state index contributed by atoms with van der Waals surface area (Å²) in [5.41, 5.74) is 8.12. The quantitative estimate of drug-likeness (QED) is 0.00340. The molecule has 0 saturated carbocycles. The SMILES string of the molecule is C1CCOC1.COC(=O)c1cc(C(C)O)ccc1O.COC(=O)c1cc(C(C)O)ccc1OCc1cnc([N+](=O)[O-])n1C.Cn1c(CCl)cnc1[N+](=O)[O-].Cn1c(COC(=O)NCCCCO)cnc1[N+](=O)[O-].Cn1c(COC(=O)Oc2ccc([N+](=O)[O-])cc2)cnc1[N+](=O)[O-].NCCCCO.O=CO[O-].[H-].[K+].[K+]. The first-order valence-corrected chi connectivity index (χ1v) is 31.4. The van der Waals surface area contributed by atoms with Crippen LogP contribution in [0.5, 0.6) is 17.2 Å². The van der Waals surface area contributed by atoms with E-state index in [2.05, 4.69) is 34.9 Å². The van der Waals surface area contributed by atoms with Crippen LogP contribution in [0, 0.1) is 50.6 Å². The van der Waals surface area contributed by atoms with Gasteiger partial charge in [-0.1, -0.05) is 32.1 Å². The average Bonchev–Trinajstić information content (AvgIpc) is 1.63. The zero-order valence-corrected chi connectivity index (χ0v) is 67.4. The van der Waals surface area contributed by atoms with E-state index >= 15 is 0 Å². The summed E-state index contributed by atoms with van der Waals surface area (Å²) in [6, 6.07) is 13.8. The third-order valence-electron chi connectivity index (χ3n) is 13.5. The number of phenols is 1. The molecule has 0 bridgehead atoms. The number of non-ortho nitro benzene ring substituents is 1. The maximum Gasteiger partial charge on any atom is 1.00 e. The first-order valence-electron chi connectivity index (χ1n) is 30.8. The minimum absolute atomic E-state index is 0. The number of unbranched alkanes of at least 4 members (excludes halogenated alkanes) is 2. The molecule has 1 aliphatic rings. The number of rotatable bonds is 26. The van der Waals surface area contributed by atoms with Crippen LogP contribution in [-0.4, -0.2) is 173 Å². The summed E-state index contributed by atoms with van der Waals surface area (Å²) in [5, 5.41) is 109. The van der Waals surface area contributed by atoms with E-state index in [0.717, 1.165) is 26.1 Å². The first kappa shape index (κ1) is 101. The summed E-state index contributed by atoms with van der Waals surface area (Å²) < 4.78 is 39.3. The molecule has 44 nitrogen and oxygen atoms in total. The molecule has 8 N–H and O–H groups in total. The predicted octanol–water partition coefficient (Wildman–Crippen LogP) is -0.605. The molecule has 47 heteroatoms. The Hall–Kier alpha value is -8.67. The number of aliphatic hydroxyl groups excluding tert-OH is 4. The molecule has 5 heterocycles. The van der Waals surface area contributed by atoms with Crippen molar-refractivity contribution in [3.63, 3.8) is 0 Å². The molecule has 1 fully saturated rings. The number of nitro groups is 5. The third-order valence-corrected chi connectivity index (χ3v) is 13.7. The zero-order chi connectivity index (χ0) is 80.0. The fourth-order valence-corrected chi connectivity index (χ4v) is 7.91. The largest absolute Gasteiger partial charge is 1.00 e. The Morgan fingerprint density at radius 3 is 1.40 bits per heavy atom. The predicted molar refractivity (Wildman–Crippen MR) is 364 cm³/mol. The Morgan fingerprint density at radius 1 is 0.630 bits per heavy atom. The number of carbonyl (C=O) groups is 5. The van der Waals surface area contributed by atoms with Gasteiger partial charge in [0.2, 0.25) is 0 Å². The standard InChI is InChI=1S/C15H17N3O6.C12H10N4O7.C10H16N4O5.C10H12O4.C5H6ClN3O2.C4H11NO.C4H8O.CH2O3.2K.H/c1-9(19)10-4-5-13(12(6-10)14(20)23-3)24-8-11-7-16-15(17(11)2)18(21)22;1-14-9(6-13-11(14)16(20)21)7-22-12(17)23-10-4-2-8(3-5-10)15(18)19;1-13-8(6-12-9(13)14(17)18)7-19-10(16)11-4-2-3-5-15;1-6(11)7-3-4-9(12)8(5-7)10(13)14-2;1-8-4(2-6)3-7-5(8)9(10)11;5-3-1-2-4-6;1-2-4-5-3-1;2-1-4-3;;;/h4-7,9,19H,8H2,1-3H3;2-6H,7H2,1H3;6,15H,2-5,7H2,1H3,(H,11,16);3-6,11-12H,1-2H3;3H,2H2,1H3;6H,1-5H2;1-4H2;1,3H;;;/q;;;;;;;;2*+1;-1/p-1. The smallest absolute Gasteiger partial charge is 1.00 e. The summed E-state index contributed by atoms with van der Waals surface area (Å²) in [6.45, 7) is 6.04. The van der Waals surface area contributed by atoms with E-state index in [-0.39, 0.29) is 207 Å². The normalized spacial score (nSPS) is 11.0. The van der Waals surface area contributed by atoms with Gasteiger partial charge in [-0.25, -0.2) is 37.4 Å². The van der Waals surface area contributed by atoms with Gasteiger partial charge in [-0.2, -0.15) is 0 Å². The van der Waals surface area contributed by atoms with Gasteiger partial charge in [-0.15, -0.1) is 11.6 Å². The van der Waals surface area contributed by atoms with Gasteiger partial charge < -0.3 is 122 Å². The van der Waals surface area contributed by atoms with E-state index in [1.54, 1.807) is 39.1 Å². The minimum atomic E-state index is -1.05. The van der Waals surface area contributed by atoms with Crippen LogP contribution in [0.25, 0.3) is 0 Å². The van der Waals surface area contributed by atoms with Gasteiger partial charge in [-0.3, -0.25) is 14.9 Å². The van der Waals surface area contributed by atoms with Crippen LogP contribution in [0.4, 0.5) is 39.1 Å². The van der Waals surface area contributed by atoms with Gasteiger partial charge in [0.05, 0.1) is 65.4 Å². The van der Waals surface area contributed by atoms with Crippen LogP contribution in [0.15, 0.2) is 85.5 Å². The summed E-state index contributed by atoms with van der Waals surface area (Å²) in [4.78, 5) is 121. The molecule has 1 amide bonds. The number of nitro benzene ring substituents is 1. The van der Waals surface area contributed by atoms with Gasteiger partial charge in [0, 0.05) is 45.1 Å². The third kappa shape index (κ3) is 37.4. The van der Waals surface area contributed by atoms with Gasteiger partial charge in [-0.05, 0) is 126 Å². The summed E-state index contributed by atoms with van der Waals surface area (Å²) in [6.07, 6.45) is 7.73. The number of esters is 2. The average molecular weight is 1600 g/mol. The maximum absolute atomic E-state index is 11.9. The van der Waals surface area contributed by atoms with Crippen molar-refractivity contribution in [2.75, 3.05) is 53.7 Å². The monoisotopic (exact) mass is 1600 g/mol. The molecule has 584 valence electrons. The van der Waals surface area contributed by atoms with E-state index in [1.165, 1.54) is 134 Å². The summed E-state index contributed by atoms with van der Waals surface area (Å²) >= 11 is 5.47. The van der Waals surface area contributed by atoms with Crippen molar-refractivity contribution < 1.29 is 222 Å². The van der Waals surface area contributed by atoms with E-state index in [1.807, 2.05) is 0 Å². The number of aliphatic hydroxyl groups is 4.